The minimum Gasteiger partial charge on any atom is -0.550 e. The largest absolute Gasteiger partial charge is 2.00 e. The Morgan fingerprint density at radius 1 is 0.247 bits per heavy atom. The van der Waals surface area contributed by atoms with E-state index in [4.69, 9.17) is 9.47 Å². The third-order valence-corrected chi connectivity index (χ3v) is 15.6. The molecule has 0 aliphatic carbocycles. The predicted molar refractivity (Wildman–Crippen MR) is 320 cm³/mol. The van der Waals surface area contributed by atoms with Crippen LogP contribution in [0.1, 0.15) is 400 Å². The van der Waals surface area contributed by atoms with Crippen molar-refractivity contribution in [3.63, 3.8) is 0 Å². The van der Waals surface area contributed by atoms with Gasteiger partial charge in [-0.3, -0.25) is 9.59 Å². The molecular formula is C68H130O8Zn. The molecule has 0 aromatic rings. The van der Waals surface area contributed by atoms with Crippen molar-refractivity contribution >= 4 is 23.9 Å². The van der Waals surface area contributed by atoms with Crippen molar-refractivity contribution in [1.82, 2.24) is 0 Å². The van der Waals surface area contributed by atoms with Crippen LogP contribution >= 0.6 is 0 Å². The summed E-state index contributed by atoms with van der Waals surface area (Å²) in [6.07, 6.45) is 68.4. The molecule has 77 heavy (non-hydrogen) atoms. The number of ether oxygens (including phenoxy) is 2. The fourth-order valence-corrected chi connectivity index (χ4v) is 10.7. The van der Waals surface area contributed by atoms with Crippen LogP contribution in [0.2, 0.25) is 0 Å². The maximum absolute atomic E-state index is 12.3. The monoisotopic (exact) mass is 1140 g/mol. The van der Waals surface area contributed by atoms with Crippen LogP contribution in [-0.2, 0) is 48.1 Å². The van der Waals surface area contributed by atoms with Crippen molar-refractivity contribution in [2.75, 3.05) is 0 Å². The molecule has 0 saturated heterocycles. The zero-order valence-electron chi connectivity index (χ0n) is 52.1. The van der Waals surface area contributed by atoms with Gasteiger partial charge >= 0.3 is 31.4 Å². The molecule has 2 atom stereocenters. The van der Waals surface area contributed by atoms with Crippen LogP contribution in [0.3, 0.4) is 0 Å². The standard InChI is InChI=1S/2C34H66O4.Zn/c2*1-3-5-6-7-8-9-10-11-15-18-21-24-27-31-34(37)38-32(28-4-2)29-25-22-19-16-13-12-14-17-20-23-26-30-33(35)36;/h2*32H,3-31H2,1-2H3,(H,35,36);/q;;+2/p-2. The second-order valence-electron chi connectivity index (χ2n) is 23.4. The summed E-state index contributed by atoms with van der Waals surface area (Å²) < 4.78 is 11.7. The summed E-state index contributed by atoms with van der Waals surface area (Å²) in [4.78, 5) is 45.4. The molecule has 0 radical (unpaired) electrons. The van der Waals surface area contributed by atoms with Gasteiger partial charge in [-0.15, -0.1) is 0 Å². The van der Waals surface area contributed by atoms with Gasteiger partial charge in [-0.05, 0) is 77.0 Å². The van der Waals surface area contributed by atoms with Crippen LogP contribution in [0.25, 0.3) is 0 Å². The number of esters is 2. The minimum atomic E-state index is -0.922. The second kappa shape index (κ2) is 68.8. The Morgan fingerprint density at radius 3 is 0.623 bits per heavy atom. The summed E-state index contributed by atoms with van der Waals surface area (Å²) in [5.74, 6) is -1.80. The Bertz CT molecular complexity index is 1110. The average Bonchev–Trinajstić information content (AvgIpc) is 3.39. The molecule has 0 fully saturated rings. The van der Waals surface area contributed by atoms with E-state index >= 15 is 0 Å². The zero-order valence-corrected chi connectivity index (χ0v) is 55.1. The van der Waals surface area contributed by atoms with E-state index in [-0.39, 0.29) is 56.5 Å². The normalized spacial score (nSPS) is 11.9. The van der Waals surface area contributed by atoms with Gasteiger partial charge in [0.1, 0.15) is 12.2 Å². The van der Waals surface area contributed by atoms with Crippen LogP contribution in [-0.4, -0.2) is 36.1 Å². The Labute approximate surface area is 492 Å². The van der Waals surface area contributed by atoms with E-state index in [1.165, 1.54) is 231 Å². The first-order valence-corrected chi connectivity index (χ1v) is 34.0. The summed E-state index contributed by atoms with van der Waals surface area (Å²) in [5.41, 5.74) is 0. The maximum atomic E-state index is 12.3. The van der Waals surface area contributed by atoms with Crippen molar-refractivity contribution in [2.45, 2.75) is 412 Å². The third-order valence-electron chi connectivity index (χ3n) is 15.6. The van der Waals surface area contributed by atoms with E-state index in [2.05, 4.69) is 27.7 Å². The van der Waals surface area contributed by atoms with E-state index in [1.54, 1.807) is 0 Å². The molecular weight excluding hydrogens is 1010 g/mol. The van der Waals surface area contributed by atoms with E-state index in [0.717, 1.165) is 116 Å². The number of aliphatic carboxylic acids is 2. The Morgan fingerprint density at radius 2 is 0.429 bits per heavy atom. The predicted octanol–water partition coefficient (Wildman–Crippen LogP) is 20.0. The number of carboxylic acids is 2. The molecule has 0 amide bonds. The van der Waals surface area contributed by atoms with Crippen LogP contribution in [0, 0.1) is 0 Å². The van der Waals surface area contributed by atoms with Crippen molar-refractivity contribution < 1.29 is 58.3 Å². The van der Waals surface area contributed by atoms with Gasteiger partial charge < -0.3 is 29.3 Å². The fraction of sp³-hybridized carbons (Fsp3) is 0.941. The maximum Gasteiger partial charge on any atom is 2.00 e. The van der Waals surface area contributed by atoms with Crippen molar-refractivity contribution in [3.8, 4) is 0 Å². The number of carboxylic acid groups (broad SMARTS) is 2. The van der Waals surface area contributed by atoms with Crippen molar-refractivity contribution in [3.05, 3.63) is 0 Å². The molecule has 452 valence electrons. The van der Waals surface area contributed by atoms with Crippen molar-refractivity contribution in [1.29, 1.82) is 0 Å². The van der Waals surface area contributed by atoms with Crippen LogP contribution in [0.5, 0.6) is 0 Å². The number of hydrogen-bond donors (Lipinski definition) is 0. The van der Waals surface area contributed by atoms with Gasteiger partial charge in [-0.2, -0.15) is 0 Å². The van der Waals surface area contributed by atoms with E-state index in [1.807, 2.05) is 0 Å². The van der Waals surface area contributed by atoms with Gasteiger partial charge in [-0.1, -0.05) is 310 Å². The van der Waals surface area contributed by atoms with Crippen LogP contribution in [0.4, 0.5) is 0 Å². The Hall–Kier alpha value is -1.50. The second-order valence-corrected chi connectivity index (χ2v) is 23.4. The van der Waals surface area contributed by atoms with Gasteiger partial charge in [0.05, 0.1) is 0 Å². The molecule has 0 heterocycles. The number of unbranched alkanes of at least 4 members (excludes halogenated alkanes) is 44. The van der Waals surface area contributed by atoms with Gasteiger partial charge in [0, 0.05) is 24.8 Å². The Balaban J connectivity index is -0.00000140. The minimum absolute atomic E-state index is 0. The molecule has 0 N–H and O–H groups in total. The third kappa shape index (κ3) is 70.6. The summed E-state index contributed by atoms with van der Waals surface area (Å²) in [5, 5.41) is 20.8. The molecule has 9 heteroatoms. The summed E-state index contributed by atoms with van der Waals surface area (Å²) >= 11 is 0. The number of rotatable bonds is 62. The summed E-state index contributed by atoms with van der Waals surface area (Å²) in [6.45, 7) is 8.91. The van der Waals surface area contributed by atoms with Crippen LogP contribution < -0.4 is 10.2 Å². The topological polar surface area (TPSA) is 133 Å². The quantitative estimate of drug-likeness (QED) is 0.0334. The molecule has 0 rings (SSSR count). The molecule has 0 aliphatic heterocycles. The zero-order chi connectivity index (χ0) is 55.9. The smallest absolute Gasteiger partial charge is 0.550 e. The average molecular weight is 1140 g/mol. The number of hydrogen-bond acceptors (Lipinski definition) is 8. The molecule has 0 bridgehead atoms. The first-order chi connectivity index (χ1) is 37.2. The first kappa shape index (κ1) is 79.7. The first-order valence-electron chi connectivity index (χ1n) is 34.0. The number of carbonyl (C=O) groups is 4. The Kier molecular flexibility index (Phi) is 71.2. The van der Waals surface area contributed by atoms with Gasteiger partial charge in [0.25, 0.3) is 0 Å². The number of carbonyl (C=O) groups excluding carboxylic acids is 4. The molecule has 0 saturated carbocycles. The molecule has 0 spiro atoms. The fourth-order valence-electron chi connectivity index (χ4n) is 10.7. The molecule has 0 aliphatic rings. The summed E-state index contributed by atoms with van der Waals surface area (Å²) in [7, 11) is 0. The van der Waals surface area contributed by atoms with Crippen LogP contribution in [0.15, 0.2) is 0 Å². The van der Waals surface area contributed by atoms with Crippen molar-refractivity contribution in [2.24, 2.45) is 0 Å². The molecule has 0 aromatic heterocycles. The molecule has 8 nitrogen and oxygen atoms in total. The van der Waals surface area contributed by atoms with E-state index < -0.39 is 11.9 Å². The SMILES string of the molecule is CCCCCCCCCCCCCCCC(=O)OC(CCC)CCCCCCCCCCCCCC(=O)[O-].CCCCCCCCCCCCCCCC(=O)OC(CCC)CCCCCCCCCCCCCC(=O)[O-].[Zn+2]. The van der Waals surface area contributed by atoms with Gasteiger partial charge in [-0.25, -0.2) is 0 Å². The molecule has 0 aromatic carbocycles. The van der Waals surface area contributed by atoms with Gasteiger partial charge in [0.15, 0.2) is 0 Å². The summed E-state index contributed by atoms with van der Waals surface area (Å²) in [6, 6.07) is 0. The van der Waals surface area contributed by atoms with E-state index in [0.29, 0.717) is 12.8 Å². The van der Waals surface area contributed by atoms with E-state index in [9.17, 15) is 29.4 Å². The van der Waals surface area contributed by atoms with Gasteiger partial charge in [0.2, 0.25) is 0 Å². The molecule has 2 unspecified atom stereocenters.